The first kappa shape index (κ1) is 24.2. The van der Waals surface area contributed by atoms with Crippen molar-refractivity contribution in [3.8, 4) is 16.9 Å². The van der Waals surface area contributed by atoms with E-state index in [1.807, 2.05) is 36.4 Å². The lowest BCUT2D eigenvalue weighted by molar-refractivity contribution is -0.151. The molecule has 1 heterocycles. The van der Waals surface area contributed by atoms with Gasteiger partial charge in [-0.15, -0.1) is 0 Å². The molecule has 186 valence electrons. The van der Waals surface area contributed by atoms with Crippen LogP contribution in [0.3, 0.4) is 0 Å². The first-order valence-electron chi connectivity index (χ1n) is 12.3. The van der Waals surface area contributed by atoms with Crippen LogP contribution in [0.1, 0.15) is 54.0 Å². The zero-order valence-electron chi connectivity index (χ0n) is 20.4. The van der Waals surface area contributed by atoms with E-state index in [1.165, 1.54) is 6.07 Å². The Labute approximate surface area is 209 Å². The maximum Gasteiger partial charge on any atom is 0.372 e. The molecule has 2 aliphatic rings. The minimum atomic E-state index is -1.36. The van der Waals surface area contributed by atoms with E-state index in [4.69, 9.17) is 9.47 Å². The number of fused-ring (bicyclic) bond motifs is 1. The molecule has 5 nitrogen and oxygen atoms in total. The Bertz CT molecular complexity index is 1300. The van der Waals surface area contributed by atoms with Gasteiger partial charge < -0.3 is 14.6 Å². The molecule has 1 aliphatic heterocycles. The van der Waals surface area contributed by atoms with Crippen molar-refractivity contribution in [2.24, 2.45) is 11.8 Å². The minimum Gasteiger partial charge on any atom is -0.497 e. The summed E-state index contributed by atoms with van der Waals surface area (Å²) >= 11 is 0. The number of hydrogen-bond donors (Lipinski definition) is 1. The van der Waals surface area contributed by atoms with E-state index in [0.29, 0.717) is 30.3 Å². The number of ketones is 1. The van der Waals surface area contributed by atoms with Crippen LogP contribution in [0, 0.1) is 17.7 Å². The van der Waals surface area contributed by atoms with Gasteiger partial charge in [0.1, 0.15) is 11.6 Å². The number of carbonyl (C=O) groups is 2. The molecule has 0 radical (unpaired) electrons. The third-order valence-corrected chi connectivity index (χ3v) is 7.52. The molecule has 1 aliphatic carbocycles. The molecule has 0 bridgehead atoms. The number of Topliss-reactive ketones (excluding diaryl/α,β-unsaturated/α-hetero) is 1. The lowest BCUT2D eigenvalue weighted by Crippen LogP contribution is -2.27. The molecule has 0 saturated heterocycles. The van der Waals surface area contributed by atoms with Crippen LogP contribution in [0.5, 0.6) is 5.75 Å². The summed E-state index contributed by atoms with van der Waals surface area (Å²) in [5, 5.41) is 9.24. The van der Waals surface area contributed by atoms with Gasteiger partial charge in [-0.1, -0.05) is 49.4 Å². The summed E-state index contributed by atoms with van der Waals surface area (Å²) in [5.41, 5.74) is 5.55. The second-order valence-electron chi connectivity index (χ2n) is 9.82. The largest absolute Gasteiger partial charge is 0.497 e. The average molecular weight is 489 g/mol. The highest BCUT2D eigenvalue weighted by Gasteiger charge is 2.40. The highest BCUT2D eigenvalue weighted by molar-refractivity contribution is 6.33. The predicted molar refractivity (Wildman–Crippen MR) is 133 cm³/mol. The molecule has 1 fully saturated rings. The number of carbonyl (C=O) groups excluding carboxylic acids is 1. The van der Waals surface area contributed by atoms with Crippen molar-refractivity contribution in [2.75, 3.05) is 7.11 Å². The van der Waals surface area contributed by atoms with Crippen LogP contribution in [0.15, 0.2) is 60.7 Å². The zero-order chi connectivity index (χ0) is 25.4. The SMILES string of the molecule is COc1ccc(F)c(-c2ccc([C@H]3Cc4cc([C@H](C5CC5)[C@H](C)C(=O)C(=O)O)ccc4CO3)cc2)c1. The topological polar surface area (TPSA) is 72.8 Å². The smallest absolute Gasteiger partial charge is 0.372 e. The van der Waals surface area contributed by atoms with E-state index < -0.39 is 17.7 Å². The quantitative estimate of drug-likeness (QED) is 0.388. The van der Waals surface area contributed by atoms with Gasteiger partial charge in [0.05, 0.1) is 19.8 Å². The third-order valence-electron chi connectivity index (χ3n) is 7.52. The fourth-order valence-electron chi connectivity index (χ4n) is 5.36. The summed E-state index contributed by atoms with van der Waals surface area (Å²) in [7, 11) is 1.56. The maximum absolute atomic E-state index is 14.4. The molecule has 3 atom stereocenters. The summed E-state index contributed by atoms with van der Waals surface area (Å²) in [6.45, 7) is 2.21. The maximum atomic E-state index is 14.4. The molecular weight excluding hydrogens is 459 g/mol. The lowest BCUT2D eigenvalue weighted by Gasteiger charge is -2.28. The number of methoxy groups -OCH3 is 1. The summed E-state index contributed by atoms with van der Waals surface area (Å²) in [6.07, 6.45) is 2.57. The van der Waals surface area contributed by atoms with Gasteiger partial charge in [-0.2, -0.15) is 0 Å². The van der Waals surface area contributed by atoms with Crippen molar-refractivity contribution in [3.63, 3.8) is 0 Å². The molecule has 5 rings (SSSR count). The molecule has 36 heavy (non-hydrogen) atoms. The molecule has 0 unspecified atom stereocenters. The number of benzene rings is 3. The van der Waals surface area contributed by atoms with Crippen LogP contribution in [-0.4, -0.2) is 24.0 Å². The molecule has 0 aromatic heterocycles. The van der Waals surface area contributed by atoms with E-state index in [-0.39, 0.29) is 17.8 Å². The summed E-state index contributed by atoms with van der Waals surface area (Å²) in [4.78, 5) is 23.6. The van der Waals surface area contributed by atoms with Gasteiger partial charge >= 0.3 is 5.97 Å². The van der Waals surface area contributed by atoms with Gasteiger partial charge in [0.2, 0.25) is 5.78 Å². The normalized spacial score (nSPS) is 18.7. The number of hydrogen-bond acceptors (Lipinski definition) is 4. The van der Waals surface area contributed by atoms with Gasteiger partial charge in [0, 0.05) is 17.9 Å². The number of halogens is 1. The van der Waals surface area contributed by atoms with Crippen LogP contribution in [-0.2, 0) is 27.4 Å². The van der Waals surface area contributed by atoms with Crippen molar-refractivity contribution in [3.05, 3.63) is 88.7 Å². The van der Waals surface area contributed by atoms with Crippen LogP contribution in [0.25, 0.3) is 11.1 Å². The Hall–Kier alpha value is -3.51. The Balaban J connectivity index is 1.37. The first-order valence-corrected chi connectivity index (χ1v) is 12.3. The fourth-order valence-corrected chi connectivity index (χ4v) is 5.36. The second kappa shape index (κ2) is 9.86. The highest BCUT2D eigenvalue weighted by Crippen LogP contribution is 2.47. The van der Waals surface area contributed by atoms with Crippen molar-refractivity contribution in [2.45, 2.75) is 44.8 Å². The molecule has 1 saturated carbocycles. The summed E-state index contributed by atoms with van der Waals surface area (Å²) in [5.74, 6) is -2.09. The number of carboxylic acids is 1. The number of aliphatic carboxylic acids is 1. The zero-order valence-corrected chi connectivity index (χ0v) is 20.4. The van der Waals surface area contributed by atoms with Crippen LogP contribution in [0.2, 0.25) is 0 Å². The second-order valence-corrected chi connectivity index (χ2v) is 9.82. The molecule has 3 aromatic carbocycles. The van der Waals surface area contributed by atoms with Crippen LogP contribution >= 0.6 is 0 Å². The van der Waals surface area contributed by atoms with Gasteiger partial charge in [-0.25, -0.2) is 9.18 Å². The Morgan fingerprint density at radius 2 is 1.78 bits per heavy atom. The average Bonchev–Trinajstić information content (AvgIpc) is 3.73. The van der Waals surface area contributed by atoms with E-state index in [2.05, 4.69) is 6.07 Å². The summed E-state index contributed by atoms with van der Waals surface area (Å²) < 4.78 is 25.8. The van der Waals surface area contributed by atoms with Crippen molar-refractivity contribution >= 4 is 11.8 Å². The molecular formula is C30H29FO5. The standard InChI is InChI=1S/C30H29FO5/c1-17(29(32)30(33)34)28(20-7-8-20)21-9-10-22-16-36-27(14-23(22)13-21)19-5-3-18(4-6-19)25-15-24(35-2)11-12-26(25)31/h3-6,9-13,15,17,20,27-28H,7-8,14,16H2,1-2H3,(H,33,34)/t17-,27+,28-/m0/s1. The van der Waals surface area contributed by atoms with Gasteiger partial charge in [-0.05, 0) is 70.7 Å². The van der Waals surface area contributed by atoms with E-state index >= 15 is 0 Å². The predicted octanol–water partition coefficient (Wildman–Crippen LogP) is 6.10. The monoisotopic (exact) mass is 488 g/mol. The fraction of sp³-hybridized carbons (Fsp3) is 0.333. The number of ether oxygens (including phenoxy) is 2. The number of rotatable bonds is 8. The van der Waals surface area contributed by atoms with Gasteiger partial charge in [-0.3, -0.25) is 4.79 Å². The molecule has 6 heteroatoms. The van der Waals surface area contributed by atoms with E-state index in [0.717, 1.165) is 40.7 Å². The van der Waals surface area contributed by atoms with Crippen molar-refractivity contribution < 1.29 is 28.6 Å². The highest BCUT2D eigenvalue weighted by atomic mass is 19.1. The van der Waals surface area contributed by atoms with Crippen molar-refractivity contribution in [1.82, 2.24) is 0 Å². The molecule has 1 N–H and O–H groups in total. The Morgan fingerprint density at radius 3 is 2.44 bits per heavy atom. The third kappa shape index (κ3) is 4.78. The minimum absolute atomic E-state index is 0.0859. The first-order chi connectivity index (χ1) is 17.4. The van der Waals surface area contributed by atoms with E-state index in [9.17, 15) is 19.1 Å². The summed E-state index contributed by atoms with van der Waals surface area (Å²) in [6, 6.07) is 18.6. The molecule has 3 aromatic rings. The van der Waals surface area contributed by atoms with Crippen molar-refractivity contribution in [1.29, 1.82) is 0 Å². The van der Waals surface area contributed by atoms with Crippen LogP contribution < -0.4 is 4.74 Å². The number of carboxylic acid groups (broad SMARTS) is 1. The molecule has 0 amide bonds. The van der Waals surface area contributed by atoms with Gasteiger partial charge in [0.25, 0.3) is 0 Å². The lowest BCUT2D eigenvalue weighted by atomic mass is 9.79. The Kier molecular flexibility index (Phi) is 6.63. The van der Waals surface area contributed by atoms with Crippen LogP contribution in [0.4, 0.5) is 4.39 Å². The van der Waals surface area contributed by atoms with Gasteiger partial charge in [0.15, 0.2) is 0 Å². The van der Waals surface area contributed by atoms with E-state index in [1.54, 1.807) is 26.2 Å². The Morgan fingerprint density at radius 1 is 1.03 bits per heavy atom. The molecule has 0 spiro atoms.